The third-order valence-electron chi connectivity index (χ3n) is 7.20. The number of carbonyl (C=O) groups is 2. The largest absolute Gasteiger partial charge is 0.492 e. The van der Waals surface area contributed by atoms with Crippen LogP contribution >= 0.6 is 0 Å². The van der Waals surface area contributed by atoms with Gasteiger partial charge in [-0.15, -0.1) is 0 Å². The lowest BCUT2D eigenvalue weighted by atomic mass is 10.0. The van der Waals surface area contributed by atoms with Crippen molar-refractivity contribution in [3.63, 3.8) is 0 Å². The van der Waals surface area contributed by atoms with Crippen molar-refractivity contribution >= 4 is 27.5 Å². The molecule has 0 bridgehead atoms. The normalized spacial score (nSPS) is 11.9. The summed E-state index contributed by atoms with van der Waals surface area (Å²) in [7, 11) is -4.22. The van der Waals surface area contributed by atoms with E-state index in [-0.39, 0.29) is 35.4 Å². The predicted octanol–water partition coefficient (Wildman–Crippen LogP) is 5.69. The maximum absolute atomic E-state index is 14.6. The van der Waals surface area contributed by atoms with Gasteiger partial charge in [0.1, 0.15) is 18.3 Å². The second-order valence-corrected chi connectivity index (χ2v) is 12.9. The summed E-state index contributed by atoms with van der Waals surface area (Å²) in [4.78, 5) is 29.9. The number of amides is 2. The highest BCUT2D eigenvalue weighted by Crippen LogP contribution is 2.33. The number of anilines is 1. The average Bonchev–Trinajstić information content (AvgIpc) is 3.06. The number of hydrogen-bond acceptors (Lipinski definition) is 5. The molecule has 0 spiro atoms. The highest BCUT2D eigenvalue weighted by atomic mass is 32.2. The van der Waals surface area contributed by atoms with E-state index in [9.17, 15) is 18.0 Å². The minimum Gasteiger partial charge on any atom is -0.492 e. The number of benzene rings is 4. The van der Waals surface area contributed by atoms with Crippen molar-refractivity contribution in [1.82, 2.24) is 10.2 Å². The van der Waals surface area contributed by atoms with Gasteiger partial charge in [0.05, 0.1) is 17.2 Å². The Morgan fingerprint density at radius 3 is 1.93 bits per heavy atom. The van der Waals surface area contributed by atoms with Gasteiger partial charge >= 0.3 is 0 Å². The Labute approximate surface area is 266 Å². The monoisotopic (exact) mass is 627 g/mol. The van der Waals surface area contributed by atoms with Crippen LogP contribution in [0.5, 0.6) is 5.75 Å². The predicted molar refractivity (Wildman–Crippen MR) is 177 cm³/mol. The molecule has 0 aromatic heterocycles. The van der Waals surface area contributed by atoms with Crippen LogP contribution in [0, 0.1) is 5.92 Å². The molecule has 0 heterocycles. The van der Waals surface area contributed by atoms with E-state index in [1.54, 1.807) is 42.5 Å². The van der Waals surface area contributed by atoms with Crippen molar-refractivity contribution in [3.8, 4) is 5.75 Å². The second-order valence-electron chi connectivity index (χ2n) is 11.1. The standard InChI is InChI=1S/C36H41N3O5S/c1-4-44-34-23-15-14-22-32(34)39(45(42,43)31-20-12-7-13-21-31)27-35(40)38(26-30-18-10-6-11-19-30)33(36(41)37-25-28(2)3)24-29-16-8-5-9-17-29/h5-23,28,33H,4,24-27H2,1-3H3,(H,37,41)/t33-/m1/s1. The quantitative estimate of drug-likeness (QED) is 0.183. The molecular formula is C36H41N3O5S. The number of sulfonamides is 1. The summed E-state index contributed by atoms with van der Waals surface area (Å²) >= 11 is 0. The Morgan fingerprint density at radius 1 is 0.778 bits per heavy atom. The molecule has 0 saturated carbocycles. The van der Waals surface area contributed by atoms with Gasteiger partial charge in [-0.1, -0.05) is 105 Å². The summed E-state index contributed by atoms with van der Waals surface area (Å²) in [6.45, 7) is 6.12. The number of para-hydroxylation sites is 2. The Kier molecular flexibility index (Phi) is 11.8. The van der Waals surface area contributed by atoms with Crippen LogP contribution in [0.15, 0.2) is 120 Å². The minimum absolute atomic E-state index is 0.0363. The van der Waals surface area contributed by atoms with Crippen molar-refractivity contribution in [2.45, 2.75) is 44.7 Å². The SMILES string of the molecule is CCOc1ccccc1N(CC(=O)N(Cc1ccccc1)[C@H](Cc1ccccc1)C(=O)NCC(C)C)S(=O)(=O)c1ccccc1. The van der Waals surface area contributed by atoms with Crippen molar-refractivity contribution in [1.29, 1.82) is 0 Å². The van der Waals surface area contributed by atoms with Crippen LogP contribution in [0.1, 0.15) is 31.9 Å². The molecule has 8 nitrogen and oxygen atoms in total. The number of carbonyl (C=O) groups excluding carboxylic acids is 2. The lowest BCUT2D eigenvalue weighted by Crippen LogP contribution is -2.53. The molecule has 0 aliphatic carbocycles. The zero-order valence-electron chi connectivity index (χ0n) is 26.0. The Morgan fingerprint density at radius 2 is 1.33 bits per heavy atom. The maximum atomic E-state index is 14.6. The molecule has 0 radical (unpaired) electrons. The van der Waals surface area contributed by atoms with Crippen LogP contribution in [0.2, 0.25) is 0 Å². The fraction of sp³-hybridized carbons (Fsp3) is 0.278. The summed E-state index contributed by atoms with van der Waals surface area (Å²) in [6, 6.07) is 32.7. The van der Waals surface area contributed by atoms with Crippen molar-refractivity contribution < 1.29 is 22.7 Å². The molecule has 0 aliphatic heterocycles. The highest BCUT2D eigenvalue weighted by Gasteiger charge is 2.35. The van der Waals surface area contributed by atoms with Gasteiger partial charge in [0.25, 0.3) is 10.0 Å². The molecule has 4 rings (SSSR count). The van der Waals surface area contributed by atoms with Crippen LogP contribution in [-0.4, -0.2) is 50.9 Å². The summed E-state index contributed by atoms with van der Waals surface area (Å²) in [6.07, 6.45) is 0.254. The molecule has 1 N–H and O–H groups in total. The van der Waals surface area contributed by atoms with E-state index in [0.29, 0.717) is 18.9 Å². The first-order valence-electron chi connectivity index (χ1n) is 15.1. The molecule has 0 unspecified atom stereocenters. The first-order valence-corrected chi connectivity index (χ1v) is 16.6. The number of nitrogens with one attached hydrogen (secondary N) is 1. The van der Waals surface area contributed by atoms with E-state index < -0.39 is 28.5 Å². The third kappa shape index (κ3) is 8.95. The number of hydrogen-bond donors (Lipinski definition) is 1. The number of nitrogens with zero attached hydrogens (tertiary/aromatic N) is 2. The summed E-state index contributed by atoms with van der Waals surface area (Å²) in [5, 5.41) is 3.01. The van der Waals surface area contributed by atoms with Gasteiger partial charge in [-0.3, -0.25) is 13.9 Å². The first kappa shape index (κ1) is 33.3. The van der Waals surface area contributed by atoms with E-state index in [1.807, 2.05) is 81.4 Å². The zero-order chi connectivity index (χ0) is 32.2. The fourth-order valence-electron chi connectivity index (χ4n) is 4.93. The highest BCUT2D eigenvalue weighted by molar-refractivity contribution is 7.92. The summed E-state index contributed by atoms with van der Waals surface area (Å²) < 4.78 is 35.3. The van der Waals surface area contributed by atoms with Gasteiger partial charge in [-0.25, -0.2) is 8.42 Å². The van der Waals surface area contributed by atoms with E-state index in [4.69, 9.17) is 4.74 Å². The smallest absolute Gasteiger partial charge is 0.264 e. The lowest BCUT2D eigenvalue weighted by Gasteiger charge is -2.34. The number of rotatable bonds is 15. The van der Waals surface area contributed by atoms with E-state index in [2.05, 4.69) is 5.32 Å². The van der Waals surface area contributed by atoms with Crippen LogP contribution in [-0.2, 0) is 32.6 Å². The van der Waals surface area contributed by atoms with Crippen molar-refractivity contribution in [2.75, 3.05) is 24.0 Å². The first-order chi connectivity index (χ1) is 21.7. The number of ether oxygens (including phenoxy) is 1. The van der Waals surface area contributed by atoms with E-state index in [1.165, 1.54) is 17.0 Å². The average molecular weight is 628 g/mol. The molecule has 236 valence electrons. The van der Waals surface area contributed by atoms with Gasteiger partial charge < -0.3 is 15.0 Å². The third-order valence-corrected chi connectivity index (χ3v) is 8.97. The van der Waals surface area contributed by atoms with Crippen molar-refractivity contribution in [3.05, 3.63) is 126 Å². The fourth-order valence-corrected chi connectivity index (χ4v) is 6.38. The van der Waals surface area contributed by atoms with Gasteiger partial charge in [0.2, 0.25) is 11.8 Å². The molecule has 2 amide bonds. The van der Waals surface area contributed by atoms with Gasteiger partial charge in [0, 0.05) is 19.5 Å². The second kappa shape index (κ2) is 15.9. The minimum atomic E-state index is -4.22. The van der Waals surface area contributed by atoms with Gasteiger partial charge in [-0.05, 0) is 48.2 Å². The molecule has 0 saturated heterocycles. The molecule has 45 heavy (non-hydrogen) atoms. The van der Waals surface area contributed by atoms with E-state index >= 15 is 0 Å². The Balaban J connectivity index is 1.81. The van der Waals surface area contributed by atoms with E-state index in [0.717, 1.165) is 15.4 Å². The molecule has 1 atom stereocenters. The summed E-state index contributed by atoms with van der Waals surface area (Å²) in [5.74, 6) is -0.294. The maximum Gasteiger partial charge on any atom is 0.264 e. The topological polar surface area (TPSA) is 96.0 Å². The van der Waals surface area contributed by atoms with Crippen LogP contribution in [0.4, 0.5) is 5.69 Å². The molecule has 4 aromatic rings. The Bertz CT molecular complexity index is 1630. The zero-order valence-corrected chi connectivity index (χ0v) is 26.8. The van der Waals surface area contributed by atoms with Gasteiger partial charge in [0.15, 0.2) is 0 Å². The van der Waals surface area contributed by atoms with Crippen molar-refractivity contribution in [2.24, 2.45) is 5.92 Å². The Hall–Kier alpha value is -4.63. The molecular weight excluding hydrogens is 586 g/mol. The van der Waals surface area contributed by atoms with Gasteiger partial charge in [-0.2, -0.15) is 0 Å². The van der Waals surface area contributed by atoms with Crippen LogP contribution in [0.3, 0.4) is 0 Å². The summed E-state index contributed by atoms with van der Waals surface area (Å²) in [5.41, 5.74) is 1.93. The molecule has 4 aromatic carbocycles. The lowest BCUT2D eigenvalue weighted by molar-refractivity contribution is -0.140. The van der Waals surface area contributed by atoms with Crippen LogP contribution in [0.25, 0.3) is 0 Å². The molecule has 0 fully saturated rings. The molecule has 0 aliphatic rings. The van der Waals surface area contributed by atoms with Crippen LogP contribution < -0.4 is 14.4 Å². The molecule has 9 heteroatoms.